The van der Waals surface area contributed by atoms with Gasteiger partial charge in [-0.15, -0.1) is 0 Å². The van der Waals surface area contributed by atoms with Crippen LogP contribution in [0.15, 0.2) is 12.1 Å². The molecule has 1 rings (SSSR count). The largest absolute Gasteiger partial charge is 0.497 e. The van der Waals surface area contributed by atoms with Crippen molar-refractivity contribution >= 4 is 0 Å². The van der Waals surface area contributed by atoms with Crippen LogP contribution in [-0.4, -0.2) is 19.3 Å². The lowest BCUT2D eigenvalue weighted by atomic mass is 10.0. The van der Waals surface area contributed by atoms with E-state index in [1.807, 2.05) is 13.0 Å². The van der Waals surface area contributed by atoms with Gasteiger partial charge in [-0.05, 0) is 19.1 Å². The standard InChI is InChI=1S/C11H17NO3/c1-7(12)10-5-9(14-2)4-8(6-13)11(10)15-3/h4-5,7,13H,6,12H2,1-3H3. The summed E-state index contributed by atoms with van der Waals surface area (Å²) in [6, 6.07) is 3.40. The third-order valence-corrected chi connectivity index (χ3v) is 2.27. The van der Waals surface area contributed by atoms with Gasteiger partial charge in [0.25, 0.3) is 0 Å². The summed E-state index contributed by atoms with van der Waals surface area (Å²) in [6.45, 7) is 1.76. The molecule has 0 spiro atoms. The van der Waals surface area contributed by atoms with Gasteiger partial charge in [0.2, 0.25) is 0 Å². The monoisotopic (exact) mass is 211 g/mol. The second-order valence-corrected chi connectivity index (χ2v) is 3.36. The predicted octanol–water partition coefficient (Wildman–Crippen LogP) is 1.22. The van der Waals surface area contributed by atoms with Crippen LogP contribution in [0.3, 0.4) is 0 Å². The van der Waals surface area contributed by atoms with Gasteiger partial charge in [0.05, 0.1) is 20.8 Å². The molecule has 0 aromatic heterocycles. The van der Waals surface area contributed by atoms with Gasteiger partial charge in [0, 0.05) is 17.2 Å². The number of hydrogen-bond acceptors (Lipinski definition) is 4. The van der Waals surface area contributed by atoms with Crippen molar-refractivity contribution in [3.8, 4) is 11.5 Å². The number of hydrogen-bond donors (Lipinski definition) is 2. The van der Waals surface area contributed by atoms with Crippen LogP contribution in [0.1, 0.15) is 24.1 Å². The van der Waals surface area contributed by atoms with Crippen molar-refractivity contribution in [1.29, 1.82) is 0 Å². The average Bonchev–Trinajstić information content (AvgIpc) is 2.26. The topological polar surface area (TPSA) is 64.7 Å². The third-order valence-electron chi connectivity index (χ3n) is 2.27. The molecule has 3 N–H and O–H groups in total. The Hall–Kier alpha value is -1.26. The Bertz CT molecular complexity index is 337. The van der Waals surface area contributed by atoms with Gasteiger partial charge in [-0.1, -0.05) is 0 Å². The van der Waals surface area contributed by atoms with E-state index in [2.05, 4.69) is 0 Å². The highest BCUT2D eigenvalue weighted by molar-refractivity contribution is 5.48. The molecule has 0 aliphatic carbocycles. The van der Waals surface area contributed by atoms with E-state index in [0.29, 0.717) is 17.1 Å². The smallest absolute Gasteiger partial charge is 0.129 e. The Kier molecular flexibility index (Phi) is 3.94. The molecule has 0 heterocycles. The highest BCUT2D eigenvalue weighted by Gasteiger charge is 2.14. The van der Waals surface area contributed by atoms with Gasteiger partial charge in [-0.25, -0.2) is 0 Å². The number of methoxy groups -OCH3 is 2. The van der Waals surface area contributed by atoms with Crippen molar-refractivity contribution in [2.24, 2.45) is 5.73 Å². The lowest BCUT2D eigenvalue weighted by Gasteiger charge is -2.16. The Labute approximate surface area is 89.6 Å². The molecule has 1 aromatic rings. The molecule has 0 aliphatic heterocycles. The minimum absolute atomic E-state index is 0.0971. The molecule has 0 amide bonds. The SMILES string of the molecule is COc1cc(CO)c(OC)c(C(C)N)c1. The molecule has 0 saturated carbocycles. The maximum atomic E-state index is 9.20. The molecular formula is C11H17NO3. The number of benzene rings is 1. The zero-order valence-corrected chi connectivity index (χ0v) is 9.28. The van der Waals surface area contributed by atoms with Gasteiger partial charge in [-0.3, -0.25) is 0 Å². The average molecular weight is 211 g/mol. The molecule has 0 bridgehead atoms. The fourth-order valence-corrected chi connectivity index (χ4v) is 1.51. The Morgan fingerprint density at radius 1 is 1.33 bits per heavy atom. The van der Waals surface area contributed by atoms with Crippen LogP contribution in [0.5, 0.6) is 11.5 Å². The van der Waals surface area contributed by atoms with Crippen LogP contribution in [0.4, 0.5) is 0 Å². The van der Waals surface area contributed by atoms with Crippen molar-refractivity contribution < 1.29 is 14.6 Å². The minimum atomic E-state index is -0.166. The summed E-state index contributed by atoms with van der Waals surface area (Å²) >= 11 is 0. The first-order chi connectivity index (χ1) is 7.13. The lowest BCUT2D eigenvalue weighted by Crippen LogP contribution is -2.09. The van der Waals surface area contributed by atoms with Gasteiger partial charge in [-0.2, -0.15) is 0 Å². The number of ether oxygens (including phenoxy) is 2. The molecule has 1 unspecified atom stereocenters. The maximum absolute atomic E-state index is 9.20. The molecule has 1 aromatic carbocycles. The van der Waals surface area contributed by atoms with Crippen LogP contribution in [0.25, 0.3) is 0 Å². The van der Waals surface area contributed by atoms with Crippen LogP contribution in [0.2, 0.25) is 0 Å². The fourth-order valence-electron chi connectivity index (χ4n) is 1.51. The molecule has 84 valence electrons. The van der Waals surface area contributed by atoms with Crippen molar-refractivity contribution in [2.45, 2.75) is 19.6 Å². The van der Waals surface area contributed by atoms with E-state index >= 15 is 0 Å². The summed E-state index contributed by atoms with van der Waals surface area (Å²) in [6.07, 6.45) is 0. The molecule has 4 heteroatoms. The first kappa shape index (κ1) is 11.8. The fraction of sp³-hybridized carbons (Fsp3) is 0.455. The molecule has 0 radical (unpaired) electrons. The van der Waals surface area contributed by atoms with Gasteiger partial charge in [0.15, 0.2) is 0 Å². The van der Waals surface area contributed by atoms with E-state index in [1.165, 1.54) is 0 Å². The summed E-state index contributed by atoms with van der Waals surface area (Å²) in [5, 5.41) is 9.20. The number of aliphatic hydroxyl groups excluding tert-OH is 1. The number of nitrogens with two attached hydrogens (primary N) is 1. The van der Waals surface area contributed by atoms with Gasteiger partial charge >= 0.3 is 0 Å². The van der Waals surface area contributed by atoms with Crippen molar-refractivity contribution in [1.82, 2.24) is 0 Å². The van der Waals surface area contributed by atoms with E-state index in [9.17, 15) is 5.11 Å². The lowest BCUT2D eigenvalue weighted by molar-refractivity contribution is 0.272. The summed E-state index contributed by atoms with van der Waals surface area (Å²) in [5.41, 5.74) is 7.34. The van der Waals surface area contributed by atoms with Crippen LogP contribution < -0.4 is 15.2 Å². The molecule has 15 heavy (non-hydrogen) atoms. The first-order valence-electron chi connectivity index (χ1n) is 4.75. The van der Waals surface area contributed by atoms with E-state index in [4.69, 9.17) is 15.2 Å². The third kappa shape index (κ3) is 2.40. The summed E-state index contributed by atoms with van der Waals surface area (Å²) in [7, 11) is 3.14. The summed E-state index contributed by atoms with van der Waals surface area (Å²) < 4.78 is 10.4. The zero-order valence-electron chi connectivity index (χ0n) is 9.28. The van der Waals surface area contributed by atoms with E-state index < -0.39 is 0 Å². The van der Waals surface area contributed by atoms with Gasteiger partial charge < -0.3 is 20.3 Å². The highest BCUT2D eigenvalue weighted by Crippen LogP contribution is 2.32. The quantitative estimate of drug-likeness (QED) is 0.785. The van der Waals surface area contributed by atoms with E-state index in [0.717, 1.165) is 5.56 Å². The maximum Gasteiger partial charge on any atom is 0.129 e. The van der Waals surface area contributed by atoms with Crippen LogP contribution in [-0.2, 0) is 6.61 Å². The van der Waals surface area contributed by atoms with Crippen LogP contribution in [0, 0.1) is 0 Å². The summed E-state index contributed by atoms with van der Waals surface area (Å²) in [4.78, 5) is 0. The molecule has 4 nitrogen and oxygen atoms in total. The zero-order chi connectivity index (χ0) is 11.4. The second-order valence-electron chi connectivity index (χ2n) is 3.36. The van der Waals surface area contributed by atoms with Gasteiger partial charge in [0.1, 0.15) is 11.5 Å². The predicted molar refractivity (Wildman–Crippen MR) is 58.1 cm³/mol. The Morgan fingerprint density at radius 3 is 2.40 bits per heavy atom. The normalized spacial score (nSPS) is 12.3. The molecule has 0 aliphatic rings. The molecule has 1 atom stereocenters. The molecule has 0 saturated heterocycles. The number of aliphatic hydroxyl groups is 1. The minimum Gasteiger partial charge on any atom is -0.497 e. The van der Waals surface area contributed by atoms with E-state index in [1.54, 1.807) is 20.3 Å². The Morgan fingerprint density at radius 2 is 2.00 bits per heavy atom. The molecular weight excluding hydrogens is 194 g/mol. The molecule has 0 fully saturated rings. The summed E-state index contributed by atoms with van der Waals surface area (Å²) in [5.74, 6) is 1.31. The van der Waals surface area contributed by atoms with E-state index in [-0.39, 0.29) is 12.6 Å². The van der Waals surface area contributed by atoms with Crippen molar-refractivity contribution in [3.05, 3.63) is 23.3 Å². The highest BCUT2D eigenvalue weighted by atomic mass is 16.5. The first-order valence-corrected chi connectivity index (χ1v) is 4.75. The van der Waals surface area contributed by atoms with Crippen molar-refractivity contribution in [3.63, 3.8) is 0 Å². The van der Waals surface area contributed by atoms with Crippen molar-refractivity contribution in [2.75, 3.05) is 14.2 Å². The van der Waals surface area contributed by atoms with Crippen LogP contribution >= 0.6 is 0 Å². The Balaban J connectivity index is 3.32. The number of rotatable bonds is 4. The second kappa shape index (κ2) is 5.00.